The van der Waals surface area contributed by atoms with Gasteiger partial charge in [0.05, 0.1) is 18.9 Å². The van der Waals surface area contributed by atoms with Crippen molar-refractivity contribution >= 4 is 17.3 Å². The largest absolute Gasteiger partial charge is 0.483 e. The smallest absolute Gasteiger partial charge is 0.277 e. The highest BCUT2D eigenvalue weighted by Gasteiger charge is 2.11. The Kier molecular flexibility index (Phi) is 6.66. The summed E-state index contributed by atoms with van der Waals surface area (Å²) < 4.78 is 11.0. The van der Waals surface area contributed by atoms with Crippen LogP contribution in [0.4, 0.5) is 5.69 Å². The van der Waals surface area contributed by atoms with Crippen LogP contribution in [-0.2, 0) is 9.53 Å². The fourth-order valence-electron chi connectivity index (χ4n) is 2.98. The molecule has 0 atom stereocenters. The zero-order valence-corrected chi connectivity index (χ0v) is 16.7. The molecule has 28 heavy (non-hydrogen) atoms. The van der Waals surface area contributed by atoms with Gasteiger partial charge >= 0.3 is 0 Å². The number of hydrazone groups is 1. The quantitative estimate of drug-likeness (QED) is 0.617. The number of nitrogens with zero attached hydrogens (tertiary/aromatic N) is 2. The highest BCUT2D eigenvalue weighted by molar-refractivity contribution is 5.99. The van der Waals surface area contributed by atoms with Crippen LogP contribution in [0.5, 0.6) is 5.75 Å². The summed E-state index contributed by atoms with van der Waals surface area (Å²) in [5, 5.41) is 4.19. The molecule has 148 valence electrons. The summed E-state index contributed by atoms with van der Waals surface area (Å²) in [6.07, 6.45) is 0. The van der Waals surface area contributed by atoms with E-state index in [1.54, 1.807) is 0 Å². The van der Waals surface area contributed by atoms with Gasteiger partial charge < -0.3 is 14.4 Å². The molecule has 2 aromatic carbocycles. The van der Waals surface area contributed by atoms with Gasteiger partial charge in [-0.05, 0) is 55.7 Å². The first-order chi connectivity index (χ1) is 13.5. The predicted molar refractivity (Wildman–Crippen MR) is 111 cm³/mol. The lowest BCUT2D eigenvalue weighted by Gasteiger charge is -2.28. The maximum Gasteiger partial charge on any atom is 0.277 e. The standard InChI is InChI=1S/C22H27N3O3/c1-16-4-5-17(2)21(14-16)28-15-22(26)24-23-18(3)19-6-8-20(9-7-19)25-10-12-27-13-11-25/h4-9,14H,10-13,15H2,1-3H3,(H,24,26). The Morgan fingerprint density at radius 3 is 2.57 bits per heavy atom. The summed E-state index contributed by atoms with van der Waals surface area (Å²) in [5.41, 5.74) is 7.53. The lowest BCUT2D eigenvalue weighted by atomic mass is 10.1. The second-order valence-corrected chi connectivity index (χ2v) is 6.94. The van der Waals surface area contributed by atoms with Crippen LogP contribution in [-0.4, -0.2) is 44.5 Å². The van der Waals surface area contributed by atoms with Crippen LogP contribution in [0.25, 0.3) is 0 Å². The minimum absolute atomic E-state index is 0.0724. The van der Waals surface area contributed by atoms with Crippen molar-refractivity contribution in [3.63, 3.8) is 0 Å². The Bertz CT molecular complexity index is 841. The highest BCUT2D eigenvalue weighted by atomic mass is 16.5. The number of rotatable bonds is 6. The van der Waals surface area contributed by atoms with Crippen LogP contribution in [0.1, 0.15) is 23.6 Å². The second-order valence-electron chi connectivity index (χ2n) is 6.94. The summed E-state index contributed by atoms with van der Waals surface area (Å²) in [6.45, 7) is 9.08. The second kappa shape index (κ2) is 9.37. The van der Waals surface area contributed by atoms with Gasteiger partial charge in [0, 0.05) is 18.8 Å². The number of nitrogens with one attached hydrogen (secondary N) is 1. The van der Waals surface area contributed by atoms with Crippen LogP contribution in [0.15, 0.2) is 47.6 Å². The van der Waals surface area contributed by atoms with E-state index in [-0.39, 0.29) is 12.5 Å². The molecule has 6 nitrogen and oxygen atoms in total. The first kappa shape index (κ1) is 19.9. The number of hydrogen-bond donors (Lipinski definition) is 1. The van der Waals surface area contributed by atoms with Gasteiger partial charge in [-0.1, -0.05) is 24.3 Å². The molecule has 6 heteroatoms. The average Bonchev–Trinajstić information content (AvgIpc) is 2.73. The number of ether oxygens (including phenoxy) is 2. The Morgan fingerprint density at radius 2 is 1.86 bits per heavy atom. The van der Waals surface area contributed by atoms with Crippen molar-refractivity contribution in [1.29, 1.82) is 0 Å². The summed E-state index contributed by atoms with van der Waals surface area (Å²) in [7, 11) is 0. The van der Waals surface area contributed by atoms with Crippen molar-refractivity contribution in [3.05, 3.63) is 59.2 Å². The number of aryl methyl sites for hydroxylation is 2. The number of hydrogen-bond acceptors (Lipinski definition) is 5. The first-order valence-electron chi connectivity index (χ1n) is 9.49. The van der Waals surface area contributed by atoms with Gasteiger partial charge in [0.1, 0.15) is 5.75 Å². The van der Waals surface area contributed by atoms with Crippen molar-refractivity contribution in [3.8, 4) is 5.75 Å². The summed E-state index contributed by atoms with van der Waals surface area (Å²) in [4.78, 5) is 14.3. The van der Waals surface area contributed by atoms with Gasteiger partial charge in [0.15, 0.2) is 6.61 Å². The molecule has 1 aliphatic heterocycles. The minimum atomic E-state index is -0.287. The van der Waals surface area contributed by atoms with Gasteiger partial charge in [-0.15, -0.1) is 0 Å². The number of carbonyl (C=O) groups excluding carboxylic acids is 1. The highest BCUT2D eigenvalue weighted by Crippen LogP contribution is 2.19. The van der Waals surface area contributed by atoms with Gasteiger partial charge in [-0.2, -0.15) is 5.10 Å². The molecule has 3 rings (SSSR count). The number of amides is 1. The van der Waals surface area contributed by atoms with E-state index in [9.17, 15) is 4.79 Å². The van der Waals surface area contributed by atoms with Crippen LogP contribution in [0, 0.1) is 13.8 Å². The number of benzene rings is 2. The van der Waals surface area contributed by atoms with Gasteiger partial charge in [0.25, 0.3) is 5.91 Å². The third-order valence-corrected chi connectivity index (χ3v) is 4.71. The maximum absolute atomic E-state index is 12.0. The van der Waals surface area contributed by atoms with Crippen LogP contribution in [0.2, 0.25) is 0 Å². The summed E-state index contributed by atoms with van der Waals surface area (Å²) >= 11 is 0. The predicted octanol–water partition coefficient (Wildman–Crippen LogP) is 3.06. The topological polar surface area (TPSA) is 63.2 Å². The zero-order chi connectivity index (χ0) is 19.9. The molecule has 0 radical (unpaired) electrons. The van der Waals surface area contributed by atoms with E-state index >= 15 is 0 Å². The van der Waals surface area contributed by atoms with E-state index in [0.717, 1.165) is 54.5 Å². The molecule has 0 spiro atoms. The van der Waals surface area contributed by atoms with Crippen molar-refractivity contribution < 1.29 is 14.3 Å². The van der Waals surface area contributed by atoms with Crippen LogP contribution in [0.3, 0.4) is 0 Å². The van der Waals surface area contributed by atoms with Crippen molar-refractivity contribution in [2.24, 2.45) is 5.10 Å². The molecule has 0 aromatic heterocycles. The zero-order valence-electron chi connectivity index (χ0n) is 16.7. The van der Waals surface area contributed by atoms with Crippen molar-refractivity contribution in [2.45, 2.75) is 20.8 Å². The molecular weight excluding hydrogens is 354 g/mol. The SMILES string of the molecule is CC(=NNC(=O)COc1cc(C)ccc1C)c1ccc(N2CCOCC2)cc1. The number of morpholine rings is 1. The fraction of sp³-hybridized carbons (Fsp3) is 0.364. The van der Waals surface area contributed by atoms with Crippen LogP contribution >= 0.6 is 0 Å². The van der Waals surface area contributed by atoms with Gasteiger partial charge in [-0.25, -0.2) is 5.43 Å². The Hall–Kier alpha value is -2.86. The maximum atomic E-state index is 12.0. The van der Waals surface area contributed by atoms with E-state index in [1.807, 2.05) is 51.1 Å². The average molecular weight is 381 g/mol. The van der Waals surface area contributed by atoms with E-state index in [4.69, 9.17) is 9.47 Å². The molecular formula is C22H27N3O3. The van der Waals surface area contributed by atoms with Crippen molar-refractivity contribution in [1.82, 2.24) is 5.43 Å². The van der Waals surface area contributed by atoms with Gasteiger partial charge in [-0.3, -0.25) is 4.79 Å². The van der Waals surface area contributed by atoms with Crippen LogP contribution < -0.4 is 15.1 Å². The Morgan fingerprint density at radius 1 is 1.14 bits per heavy atom. The van der Waals surface area contributed by atoms with E-state index < -0.39 is 0 Å². The third-order valence-electron chi connectivity index (χ3n) is 4.71. The summed E-state index contributed by atoms with van der Waals surface area (Å²) in [6, 6.07) is 14.1. The van der Waals surface area contributed by atoms with E-state index in [2.05, 4.69) is 27.6 Å². The fourth-order valence-corrected chi connectivity index (χ4v) is 2.98. The van der Waals surface area contributed by atoms with Crippen molar-refractivity contribution in [2.75, 3.05) is 37.8 Å². The van der Waals surface area contributed by atoms with Gasteiger partial charge in [0.2, 0.25) is 0 Å². The monoisotopic (exact) mass is 381 g/mol. The number of anilines is 1. The lowest BCUT2D eigenvalue weighted by Crippen LogP contribution is -2.36. The van der Waals surface area contributed by atoms with E-state index in [1.165, 1.54) is 5.69 Å². The molecule has 2 aromatic rings. The third kappa shape index (κ3) is 5.33. The number of carbonyl (C=O) groups is 1. The molecule has 1 fully saturated rings. The molecule has 0 saturated carbocycles. The molecule has 1 N–H and O–H groups in total. The Labute approximate surface area is 166 Å². The first-order valence-corrected chi connectivity index (χ1v) is 9.49. The molecule has 1 aliphatic rings. The molecule has 1 amide bonds. The molecule has 0 bridgehead atoms. The normalized spacial score (nSPS) is 14.7. The minimum Gasteiger partial charge on any atom is -0.483 e. The molecule has 0 aliphatic carbocycles. The molecule has 1 saturated heterocycles. The molecule has 0 unspecified atom stereocenters. The van der Waals surface area contributed by atoms with E-state index in [0.29, 0.717) is 0 Å². The molecule has 1 heterocycles. The lowest BCUT2D eigenvalue weighted by molar-refractivity contribution is -0.123. The summed E-state index contributed by atoms with van der Waals surface area (Å²) in [5.74, 6) is 0.430. The Balaban J connectivity index is 1.53.